The van der Waals surface area contributed by atoms with Crippen molar-refractivity contribution in [3.05, 3.63) is 65.7 Å². The monoisotopic (exact) mass is 336 g/mol. The average Bonchev–Trinajstić information content (AvgIpc) is 2.57. The third kappa shape index (κ3) is 3.95. The van der Waals surface area contributed by atoms with E-state index in [9.17, 15) is 4.79 Å². The molecule has 3 aromatic rings. The van der Waals surface area contributed by atoms with E-state index in [0.29, 0.717) is 12.2 Å². The van der Waals surface area contributed by atoms with Gasteiger partial charge < -0.3 is 5.32 Å². The summed E-state index contributed by atoms with van der Waals surface area (Å²) < 4.78 is 0. The Bertz CT molecular complexity index is 862. The third-order valence-electron chi connectivity index (χ3n) is 3.86. The first kappa shape index (κ1) is 16.5. The van der Waals surface area contributed by atoms with E-state index < -0.39 is 0 Å². The SMILES string of the molecule is Cc1cc(SCCC(=O)Nc2ccccc2)nc2c(C)cccc12. The Morgan fingerprint density at radius 3 is 2.62 bits per heavy atom. The number of benzene rings is 2. The number of para-hydroxylation sites is 2. The zero-order valence-electron chi connectivity index (χ0n) is 13.9. The van der Waals surface area contributed by atoms with Gasteiger partial charge in [-0.15, -0.1) is 11.8 Å². The van der Waals surface area contributed by atoms with Gasteiger partial charge in [-0.05, 0) is 43.2 Å². The second-order valence-corrected chi connectivity index (χ2v) is 6.88. The van der Waals surface area contributed by atoms with Crippen LogP contribution in [-0.2, 0) is 4.79 Å². The molecule has 0 saturated carbocycles. The van der Waals surface area contributed by atoms with E-state index in [2.05, 4.69) is 43.4 Å². The van der Waals surface area contributed by atoms with Gasteiger partial charge in [0, 0.05) is 23.2 Å². The van der Waals surface area contributed by atoms with Gasteiger partial charge in [-0.1, -0.05) is 36.4 Å². The summed E-state index contributed by atoms with van der Waals surface area (Å²) >= 11 is 1.63. The molecular weight excluding hydrogens is 316 g/mol. The largest absolute Gasteiger partial charge is 0.326 e. The third-order valence-corrected chi connectivity index (χ3v) is 4.77. The maximum absolute atomic E-state index is 12.0. The maximum Gasteiger partial charge on any atom is 0.225 e. The predicted octanol–water partition coefficient (Wildman–Crippen LogP) is 4.97. The number of nitrogens with zero attached hydrogens (tertiary/aromatic N) is 1. The molecule has 1 aromatic heterocycles. The summed E-state index contributed by atoms with van der Waals surface area (Å²) in [5.41, 5.74) is 4.29. The lowest BCUT2D eigenvalue weighted by Gasteiger charge is -2.08. The highest BCUT2D eigenvalue weighted by Gasteiger charge is 2.07. The zero-order valence-corrected chi connectivity index (χ0v) is 14.7. The maximum atomic E-state index is 12.0. The van der Waals surface area contributed by atoms with E-state index in [4.69, 9.17) is 4.98 Å². The first-order chi connectivity index (χ1) is 11.6. The summed E-state index contributed by atoms with van der Waals surface area (Å²) in [6, 6.07) is 17.9. The van der Waals surface area contributed by atoms with Crippen LogP contribution in [0.3, 0.4) is 0 Å². The second-order valence-electron chi connectivity index (χ2n) is 5.76. The van der Waals surface area contributed by atoms with Crippen molar-refractivity contribution < 1.29 is 4.79 Å². The number of rotatable bonds is 5. The minimum Gasteiger partial charge on any atom is -0.326 e. The van der Waals surface area contributed by atoms with E-state index in [1.807, 2.05) is 30.3 Å². The fourth-order valence-corrected chi connectivity index (χ4v) is 3.51. The first-order valence-electron chi connectivity index (χ1n) is 7.98. The Kier molecular flexibility index (Phi) is 5.16. The molecule has 0 aliphatic carbocycles. The zero-order chi connectivity index (χ0) is 16.9. The molecule has 3 nitrogen and oxygen atoms in total. The van der Waals surface area contributed by atoms with Crippen molar-refractivity contribution in [3.8, 4) is 0 Å². The molecule has 122 valence electrons. The molecule has 2 aromatic carbocycles. The van der Waals surface area contributed by atoms with Crippen LogP contribution in [0.25, 0.3) is 10.9 Å². The van der Waals surface area contributed by atoms with Gasteiger partial charge in [-0.3, -0.25) is 4.79 Å². The first-order valence-corrected chi connectivity index (χ1v) is 8.97. The van der Waals surface area contributed by atoms with Gasteiger partial charge in [0.15, 0.2) is 0 Å². The van der Waals surface area contributed by atoms with Crippen molar-refractivity contribution in [1.82, 2.24) is 4.98 Å². The molecule has 0 unspecified atom stereocenters. The van der Waals surface area contributed by atoms with E-state index >= 15 is 0 Å². The van der Waals surface area contributed by atoms with Crippen LogP contribution in [0, 0.1) is 13.8 Å². The van der Waals surface area contributed by atoms with Gasteiger partial charge in [0.1, 0.15) is 0 Å². The number of hydrogen-bond donors (Lipinski definition) is 1. The molecule has 0 bridgehead atoms. The molecule has 24 heavy (non-hydrogen) atoms. The van der Waals surface area contributed by atoms with Gasteiger partial charge in [0.2, 0.25) is 5.91 Å². The van der Waals surface area contributed by atoms with Crippen molar-refractivity contribution in [1.29, 1.82) is 0 Å². The number of pyridine rings is 1. The molecule has 4 heteroatoms. The highest BCUT2D eigenvalue weighted by molar-refractivity contribution is 7.99. The number of amides is 1. The Morgan fingerprint density at radius 1 is 1.04 bits per heavy atom. The molecule has 0 spiro atoms. The Morgan fingerprint density at radius 2 is 1.83 bits per heavy atom. The van der Waals surface area contributed by atoms with Crippen molar-refractivity contribution in [2.45, 2.75) is 25.3 Å². The predicted molar refractivity (Wildman–Crippen MR) is 102 cm³/mol. The van der Waals surface area contributed by atoms with Crippen LogP contribution in [0.2, 0.25) is 0 Å². The van der Waals surface area contributed by atoms with Crippen LogP contribution in [0.15, 0.2) is 59.6 Å². The number of aromatic nitrogens is 1. The normalized spacial score (nSPS) is 10.8. The van der Waals surface area contributed by atoms with Gasteiger partial charge >= 0.3 is 0 Å². The van der Waals surface area contributed by atoms with Crippen molar-refractivity contribution in [3.63, 3.8) is 0 Å². The van der Waals surface area contributed by atoms with E-state index in [0.717, 1.165) is 16.2 Å². The molecule has 0 saturated heterocycles. The van der Waals surface area contributed by atoms with Crippen molar-refractivity contribution in [2.24, 2.45) is 0 Å². The topological polar surface area (TPSA) is 42.0 Å². The van der Waals surface area contributed by atoms with Crippen LogP contribution in [0.1, 0.15) is 17.5 Å². The molecule has 1 N–H and O–H groups in total. The number of hydrogen-bond acceptors (Lipinski definition) is 3. The number of thioether (sulfide) groups is 1. The Hall–Kier alpha value is -2.33. The fraction of sp³-hybridized carbons (Fsp3) is 0.200. The number of carbonyl (C=O) groups is 1. The Balaban J connectivity index is 1.62. The summed E-state index contributed by atoms with van der Waals surface area (Å²) in [6.07, 6.45) is 0.464. The summed E-state index contributed by atoms with van der Waals surface area (Å²) in [6.45, 7) is 4.19. The second kappa shape index (κ2) is 7.49. The number of fused-ring (bicyclic) bond motifs is 1. The Labute approximate surface area is 146 Å². The quantitative estimate of drug-likeness (QED) is 0.669. The van der Waals surface area contributed by atoms with Crippen LogP contribution in [0.5, 0.6) is 0 Å². The summed E-state index contributed by atoms with van der Waals surface area (Å²) in [5, 5.41) is 5.08. The van der Waals surface area contributed by atoms with Crippen molar-refractivity contribution in [2.75, 3.05) is 11.1 Å². The van der Waals surface area contributed by atoms with Crippen LogP contribution >= 0.6 is 11.8 Å². The lowest BCUT2D eigenvalue weighted by atomic mass is 10.1. The molecule has 0 aliphatic heterocycles. The minimum atomic E-state index is 0.0300. The average molecular weight is 336 g/mol. The molecule has 3 rings (SSSR count). The highest BCUT2D eigenvalue weighted by atomic mass is 32.2. The summed E-state index contributed by atoms with van der Waals surface area (Å²) in [4.78, 5) is 16.7. The standard InChI is InChI=1S/C20H20N2OS/c1-14-7-6-10-17-15(2)13-19(22-20(14)17)24-12-11-18(23)21-16-8-4-3-5-9-16/h3-10,13H,11-12H2,1-2H3,(H,21,23). The molecule has 0 radical (unpaired) electrons. The lowest BCUT2D eigenvalue weighted by Crippen LogP contribution is -2.12. The smallest absolute Gasteiger partial charge is 0.225 e. The van der Waals surface area contributed by atoms with E-state index in [-0.39, 0.29) is 5.91 Å². The van der Waals surface area contributed by atoms with Crippen LogP contribution in [0.4, 0.5) is 5.69 Å². The van der Waals surface area contributed by atoms with Gasteiger partial charge in [0.25, 0.3) is 0 Å². The minimum absolute atomic E-state index is 0.0300. The fourth-order valence-electron chi connectivity index (χ4n) is 2.60. The number of anilines is 1. The molecule has 1 amide bonds. The van der Waals surface area contributed by atoms with Crippen LogP contribution in [-0.4, -0.2) is 16.6 Å². The molecule has 0 fully saturated rings. The number of nitrogens with one attached hydrogen (secondary N) is 1. The van der Waals surface area contributed by atoms with E-state index in [1.165, 1.54) is 16.5 Å². The van der Waals surface area contributed by atoms with Gasteiger partial charge in [-0.2, -0.15) is 0 Å². The lowest BCUT2D eigenvalue weighted by molar-refractivity contribution is -0.115. The van der Waals surface area contributed by atoms with Gasteiger partial charge in [0.05, 0.1) is 10.5 Å². The number of carbonyl (C=O) groups excluding carboxylic acids is 1. The summed E-state index contributed by atoms with van der Waals surface area (Å²) in [5.74, 6) is 0.741. The molecule has 1 heterocycles. The molecule has 0 aliphatic rings. The van der Waals surface area contributed by atoms with Gasteiger partial charge in [-0.25, -0.2) is 4.98 Å². The molecule has 0 atom stereocenters. The number of aryl methyl sites for hydroxylation is 2. The molecular formula is C20H20N2OS. The summed E-state index contributed by atoms with van der Waals surface area (Å²) in [7, 11) is 0. The highest BCUT2D eigenvalue weighted by Crippen LogP contribution is 2.26. The van der Waals surface area contributed by atoms with E-state index in [1.54, 1.807) is 11.8 Å². The van der Waals surface area contributed by atoms with Crippen LogP contribution < -0.4 is 5.32 Å². The van der Waals surface area contributed by atoms with Crippen molar-refractivity contribution >= 4 is 34.3 Å².